The van der Waals surface area contributed by atoms with Crippen molar-refractivity contribution in [1.29, 1.82) is 0 Å². The number of carbonyl (C=O) groups excluding carboxylic acids is 5. The van der Waals surface area contributed by atoms with E-state index in [-0.39, 0.29) is 60.5 Å². The molecule has 5 fully saturated rings. The van der Waals surface area contributed by atoms with Gasteiger partial charge in [-0.1, -0.05) is 27.7 Å². The minimum absolute atomic E-state index is 0.0232. The Kier molecular flexibility index (Phi) is 22.4. The lowest BCUT2D eigenvalue weighted by Gasteiger charge is -2.35. The van der Waals surface area contributed by atoms with Crippen LogP contribution in [0.3, 0.4) is 0 Å². The molecule has 2 unspecified atom stereocenters. The van der Waals surface area contributed by atoms with Gasteiger partial charge in [0.2, 0.25) is 0 Å². The summed E-state index contributed by atoms with van der Waals surface area (Å²) >= 11 is 0. The molecule has 0 aromatic rings. The van der Waals surface area contributed by atoms with Crippen LogP contribution in [-0.2, 0) is 33.3 Å². The van der Waals surface area contributed by atoms with Gasteiger partial charge in [0.25, 0.3) is 0 Å². The molecule has 0 bridgehead atoms. The van der Waals surface area contributed by atoms with Crippen molar-refractivity contribution in [2.24, 2.45) is 35.5 Å². The van der Waals surface area contributed by atoms with Gasteiger partial charge in [0.05, 0.1) is 18.4 Å². The standard InChI is InChI=1S/C22H39NO4.C17H31NO2.C10H17NO3/c1-16(2)13-18(20(24)26-19-10-6-7-11-19)14-17-9-8-12-23(15-17)21(25)27-22(3,4)5;1-13(2)10-15(11-14-6-5-9-18-12-14)17(19)20-16-7-3-4-8-16;1-10(2,3)14-9(13)11-6-4-5-8(12)7-11/h16-19H,6-15H2,1-5H3;13-16,18H,3-12H2,1-2H3;4-7H2,1-3H3/t17?,18-;14?,15-;/m11./s1. The highest BCUT2D eigenvalue weighted by Gasteiger charge is 2.34. The molecular formula is C49H87N3O9. The number of amides is 2. The Labute approximate surface area is 370 Å². The van der Waals surface area contributed by atoms with Crippen LogP contribution < -0.4 is 5.32 Å². The number of hydrogen-bond acceptors (Lipinski definition) is 10. The quantitative estimate of drug-likeness (QED) is 0.149. The van der Waals surface area contributed by atoms with Crippen LogP contribution in [0, 0.1) is 35.5 Å². The lowest BCUT2D eigenvalue weighted by Crippen LogP contribution is -2.43. The van der Waals surface area contributed by atoms with Crippen molar-refractivity contribution in [3.05, 3.63) is 0 Å². The van der Waals surface area contributed by atoms with E-state index in [0.717, 1.165) is 90.3 Å². The third-order valence-corrected chi connectivity index (χ3v) is 12.1. The molecule has 0 aromatic heterocycles. The van der Waals surface area contributed by atoms with E-state index < -0.39 is 11.2 Å². The van der Waals surface area contributed by atoms with Crippen LogP contribution in [0.25, 0.3) is 0 Å². The van der Waals surface area contributed by atoms with Gasteiger partial charge >= 0.3 is 24.1 Å². The molecule has 2 amide bonds. The van der Waals surface area contributed by atoms with Crippen LogP contribution in [0.4, 0.5) is 9.59 Å². The van der Waals surface area contributed by atoms with E-state index in [1.807, 2.05) is 46.4 Å². The van der Waals surface area contributed by atoms with Gasteiger partial charge in [-0.15, -0.1) is 0 Å². The van der Waals surface area contributed by atoms with E-state index in [1.165, 1.54) is 43.4 Å². The molecular weight excluding hydrogens is 775 g/mol. The highest BCUT2D eigenvalue weighted by molar-refractivity contribution is 5.85. The number of nitrogens with zero attached hydrogens (tertiary/aromatic N) is 2. The highest BCUT2D eigenvalue weighted by Crippen LogP contribution is 2.31. The summed E-state index contributed by atoms with van der Waals surface area (Å²) in [6.45, 7) is 24.3. The number of hydrogen-bond donors (Lipinski definition) is 1. The van der Waals surface area contributed by atoms with Crippen LogP contribution in [0.15, 0.2) is 0 Å². The summed E-state index contributed by atoms with van der Waals surface area (Å²) in [7, 11) is 0. The van der Waals surface area contributed by atoms with E-state index in [1.54, 1.807) is 0 Å². The summed E-state index contributed by atoms with van der Waals surface area (Å²) < 4.78 is 22.3. The fourth-order valence-electron chi connectivity index (χ4n) is 9.25. The Balaban J connectivity index is 0.000000257. The highest BCUT2D eigenvalue weighted by atomic mass is 16.6. The van der Waals surface area contributed by atoms with Crippen molar-refractivity contribution >= 4 is 29.9 Å². The van der Waals surface area contributed by atoms with Crippen LogP contribution >= 0.6 is 0 Å². The number of rotatable bonds is 12. The Hall–Kier alpha value is -2.89. The van der Waals surface area contributed by atoms with Crippen molar-refractivity contribution in [1.82, 2.24) is 15.1 Å². The average Bonchev–Trinajstić information content (AvgIpc) is 3.89. The molecule has 61 heavy (non-hydrogen) atoms. The SMILES string of the molecule is CC(C)(C)OC(=O)N1CCCC(=O)C1.CC(C)C[C@H](CC1CCCN(C(=O)OC(C)(C)C)C1)C(=O)OC1CCCC1.CC(C)C[C@H](CC1CCCNC1)C(=O)OC1CCCC1. The molecule has 4 atom stereocenters. The Bertz CT molecular complexity index is 1340. The smallest absolute Gasteiger partial charge is 0.410 e. The first-order valence-corrected chi connectivity index (χ1v) is 24.3. The van der Waals surface area contributed by atoms with Crippen LogP contribution in [-0.4, -0.2) is 102 Å². The van der Waals surface area contributed by atoms with Gasteiger partial charge in [-0.2, -0.15) is 0 Å². The topological polar surface area (TPSA) is 141 Å². The van der Waals surface area contributed by atoms with Crippen molar-refractivity contribution in [3.63, 3.8) is 0 Å². The minimum atomic E-state index is -0.489. The molecule has 2 saturated carbocycles. The fraction of sp³-hybridized carbons (Fsp3) is 0.898. The number of carbonyl (C=O) groups is 5. The monoisotopic (exact) mass is 862 g/mol. The molecule has 0 aromatic carbocycles. The molecule has 12 nitrogen and oxygen atoms in total. The molecule has 5 rings (SSSR count). The second-order valence-electron chi connectivity index (χ2n) is 21.5. The van der Waals surface area contributed by atoms with Crippen LogP contribution in [0.1, 0.15) is 185 Å². The van der Waals surface area contributed by atoms with Gasteiger partial charge in [0.15, 0.2) is 5.78 Å². The third-order valence-electron chi connectivity index (χ3n) is 12.1. The summed E-state index contributed by atoms with van der Waals surface area (Å²) in [5.41, 5.74) is -0.965. The third kappa shape index (κ3) is 21.8. The van der Waals surface area contributed by atoms with Gasteiger partial charge in [0, 0.05) is 26.1 Å². The number of nitrogens with one attached hydrogen (secondary N) is 1. The maximum Gasteiger partial charge on any atom is 0.410 e. The van der Waals surface area contributed by atoms with E-state index in [9.17, 15) is 24.0 Å². The zero-order valence-corrected chi connectivity index (χ0v) is 40.2. The minimum Gasteiger partial charge on any atom is -0.462 e. The van der Waals surface area contributed by atoms with Gasteiger partial charge in [-0.05, 0) is 187 Å². The summed E-state index contributed by atoms with van der Waals surface area (Å²) in [6, 6.07) is 0. The van der Waals surface area contributed by atoms with E-state index in [0.29, 0.717) is 43.2 Å². The van der Waals surface area contributed by atoms with Gasteiger partial charge in [-0.3, -0.25) is 14.4 Å². The first-order valence-electron chi connectivity index (χ1n) is 24.3. The van der Waals surface area contributed by atoms with E-state index >= 15 is 0 Å². The van der Waals surface area contributed by atoms with Gasteiger partial charge in [-0.25, -0.2) is 9.59 Å². The number of esters is 2. The first kappa shape index (κ1) is 52.5. The molecule has 1 N–H and O–H groups in total. The lowest BCUT2D eigenvalue weighted by atomic mass is 9.84. The van der Waals surface area contributed by atoms with Crippen molar-refractivity contribution in [2.45, 2.75) is 208 Å². The van der Waals surface area contributed by atoms with Crippen molar-refractivity contribution in [3.8, 4) is 0 Å². The molecule has 3 aliphatic heterocycles. The van der Waals surface area contributed by atoms with Crippen molar-refractivity contribution < 1.29 is 42.9 Å². The number of piperidine rings is 3. The lowest BCUT2D eigenvalue weighted by molar-refractivity contribution is -0.156. The Morgan fingerprint density at radius 1 is 0.623 bits per heavy atom. The number of ketones is 1. The normalized spacial score (nSPS) is 22.7. The Morgan fingerprint density at radius 3 is 1.52 bits per heavy atom. The Morgan fingerprint density at radius 2 is 1.08 bits per heavy atom. The molecule has 0 radical (unpaired) electrons. The van der Waals surface area contributed by atoms with Gasteiger partial charge in [0.1, 0.15) is 23.4 Å². The largest absolute Gasteiger partial charge is 0.462 e. The number of ether oxygens (including phenoxy) is 4. The summed E-state index contributed by atoms with van der Waals surface area (Å²) in [5.74, 6) is 2.23. The zero-order chi connectivity index (χ0) is 45.2. The van der Waals surface area contributed by atoms with Crippen LogP contribution in [0.2, 0.25) is 0 Å². The molecule has 12 heteroatoms. The molecule has 352 valence electrons. The first-order chi connectivity index (χ1) is 28.7. The molecule has 2 aliphatic carbocycles. The summed E-state index contributed by atoms with van der Waals surface area (Å²) in [4.78, 5) is 63.5. The number of likely N-dealkylation sites (tertiary alicyclic amines) is 2. The zero-order valence-electron chi connectivity index (χ0n) is 40.2. The number of Topliss-reactive ketones (excluding diaryl/α,β-unsaturated/α-hetero) is 1. The predicted octanol–water partition coefficient (Wildman–Crippen LogP) is 10.3. The van der Waals surface area contributed by atoms with Gasteiger partial charge < -0.3 is 34.1 Å². The second kappa shape index (κ2) is 26.0. The molecule has 5 aliphatic rings. The van der Waals surface area contributed by atoms with Crippen LogP contribution in [0.5, 0.6) is 0 Å². The molecule has 3 heterocycles. The average molecular weight is 862 g/mol. The molecule has 0 spiro atoms. The predicted molar refractivity (Wildman–Crippen MR) is 240 cm³/mol. The van der Waals surface area contributed by atoms with E-state index in [2.05, 4.69) is 33.0 Å². The van der Waals surface area contributed by atoms with Crippen molar-refractivity contribution in [2.75, 3.05) is 39.3 Å². The maximum atomic E-state index is 12.8. The second-order valence-corrected chi connectivity index (χ2v) is 21.5. The fourth-order valence-corrected chi connectivity index (χ4v) is 9.25. The van der Waals surface area contributed by atoms with E-state index in [4.69, 9.17) is 18.9 Å². The summed E-state index contributed by atoms with van der Waals surface area (Å²) in [5, 5.41) is 3.45. The molecule has 3 saturated heterocycles. The summed E-state index contributed by atoms with van der Waals surface area (Å²) in [6.07, 6.45) is 18.2. The maximum absolute atomic E-state index is 12.8.